The third-order valence-corrected chi connectivity index (χ3v) is 8.18. The van der Waals surface area contributed by atoms with Crippen molar-refractivity contribution in [2.75, 3.05) is 13.3 Å². The number of hydrogen-bond acceptors (Lipinski definition) is 9. The maximum atomic E-state index is 13.6. The van der Waals surface area contributed by atoms with Gasteiger partial charge in [0, 0.05) is 24.5 Å². The van der Waals surface area contributed by atoms with Gasteiger partial charge >= 0.3 is 5.97 Å². The molecule has 6 N–H and O–H groups in total. The van der Waals surface area contributed by atoms with E-state index in [9.17, 15) is 33.9 Å². The smallest absolute Gasteiger partial charge is 0.331 e. The largest absolute Gasteiger partial charge is 0.508 e. The van der Waals surface area contributed by atoms with Crippen molar-refractivity contribution in [3.05, 3.63) is 102 Å². The predicted octanol–water partition coefficient (Wildman–Crippen LogP) is 1.91. The molecule has 4 atom stereocenters. The van der Waals surface area contributed by atoms with Crippen LogP contribution in [0.1, 0.15) is 43.9 Å². The van der Waals surface area contributed by atoms with Gasteiger partial charge in [-0.15, -0.1) is 0 Å². The van der Waals surface area contributed by atoms with Crippen LogP contribution in [0.4, 0.5) is 0 Å². The maximum absolute atomic E-state index is 13.6. The van der Waals surface area contributed by atoms with E-state index >= 15 is 0 Å². The monoisotopic (exact) mass is 727 g/mol. The lowest BCUT2D eigenvalue weighted by molar-refractivity contribution is -0.154. The summed E-state index contributed by atoms with van der Waals surface area (Å²) in [6, 6.07) is 17.3. The van der Waals surface area contributed by atoms with Crippen molar-refractivity contribution < 1.29 is 43.3 Å². The highest BCUT2D eigenvalue weighted by Crippen LogP contribution is 2.20. The molecule has 14 nitrogen and oxygen atoms in total. The number of para-hydroxylation sites is 1. The van der Waals surface area contributed by atoms with Crippen LogP contribution in [0.25, 0.3) is 6.08 Å². The molecule has 1 aliphatic rings. The molecule has 0 saturated carbocycles. The van der Waals surface area contributed by atoms with Gasteiger partial charge in [0.05, 0.1) is 6.54 Å². The lowest BCUT2D eigenvalue weighted by Crippen LogP contribution is -2.56. The van der Waals surface area contributed by atoms with E-state index in [1.807, 2.05) is 19.9 Å². The van der Waals surface area contributed by atoms with Crippen molar-refractivity contribution >= 4 is 41.6 Å². The molecule has 0 fully saturated rings. The van der Waals surface area contributed by atoms with Gasteiger partial charge in [0.15, 0.2) is 0 Å². The van der Waals surface area contributed by atoms with Crippen LogP contribution in [0.3, 0.4) is 0 Å². The van der Waals surface area contributed by atoms with Gasteiger partial charge in [-0.1, -0.05) is 74.5 Å². The number of fused-ring (bicyclic) bond motifs is 1. The molecule has 3 aromatic rings. The van der Waals surface area contributed by atoms with Crippen LogP contribution in [-0.2, 0) is 46.3 Å². The number of rotatable bonds is 6. The third kappa shape index (κ3) is 12.8. The summed E-state index contributed by atoms with van der Waals surface area (Å²) in [6.45, 7) is 4.15. The second-order valence-electron chi connectivity index (χ2n) is 13.0. The lowest BCUT2D eigenvalue weighted by Gasteiger charge is -2.24. The number of ether oxygens (including phenoxy) is 2. The molecule has 280 valence electrons. The number of phenols is 1. The summed E-state index contributed by atoms with van der Waals surface area (Å²) in [5.74, 6) is -3.78. The quantitative estimate of drug-likeness (QED) is 0.205. The van der Waals surface area contributed by atoms with Crippen LogP contribution in [0.2, 0.25) is 0 Å². The fraction of sp³-hybridized carbons (Fsp3) is 0.333. The molecule has 0 unspecified atom stereocenters. The van der Waals surface area contributed by atoms with Gasteiger partial charge in [-0.2, -0.15) is 0 Å². The number of nitrogens with one attached hydrogen (secondary N) is 5. The highest BCUT2D eigenvalue weighted by Gasteiger charge is 2.30. The predicted molar refractivity (Wildman–Crippen MR) is 195 cm³/mol. The first-order valence-corrected chi connectivity index (χ1v) is 17.2. The Bertz CT molecular complexity index is 1780. The van der Waals surface area contributed by atoms with Gasteiger partial charge in [-0.3, -0.25) is 24.0 Å². The minimum atomic E-state index is -1.14. The zero-order valence-electron chi connectivity index (χ0n) is 29.8. The SMILES string of the molecule is CC(C)C[C@H]1NC(=O)[C@H](Cc2ccccc2)NC(=O)CNC(=O)[C@@H](C)NC(=O)[C@H](Cc2ccc(O)cc2)NC(=O)/C=C\c2ccccc2OCOC1=O. The zero-order chi connectivity index (χ0) is 38.3. The van der Waals surface area contributed by atoms with E-state index in [1.54, 1.807) is 60.7 Å². The topological polar surface area (TPSA) is 201 Å². The molecule has 0 saturated heterocycles. The van der Waals surface area contributed by atoms with Crippen molar-refractivity contribution in [2.24, 2.45) is 5.92 Å². The van der Waals surface area contributed by atoms with E-state index in [4.69, 9.17) is 9.47 Å². The normalized spacial score (nSPS) is 21.7. The summed E-state index contributed by atoms with van der Waals surface area (Å²) in [5.41, 5.74) is 1.83. The molecule has 5 amide bonds. The minimum Gasteiger partial charge on any atom is -0.508 e. The van der Waals surface area contributed by atoms with E-state index in [2.05, 4.69) is 26.6 Å². The van der Waals surface area contributed by atoms with Crippen molar-refractivity contribution in [2.45, 2.75) is 64.2 Å². The van der Waals surface area contributed by atoms with Gasteiger partial charge in [-0.05, 0) is 54.7 Å². The molecule has 1 heterocycles. The van der Waals surface area contributed by atoms with E-state index in [0.29, 0.717) is 11.1 Å². The van der Waals surface area contributed by atoms with Crippen LogP contribution in [0.15, 0.2) is 84.9 Å². The average molecular weight is 728 g/mol. The molecule has 0 bridgehead atoms. The first kappa shape index (κ1) is 39.6. The van der Waals surface area contributed by atoms with E-state index < -0.39 is 73.0 Å². The number of hydrogen-bond donors (Lipinski definition) is 6. The number of cyclic esters (lactones) is 1. The van der Waals surface area contributed by atoms with Crippen LogP contribution >= 0.6 is 0 Å². The van der Waals surface area contributed by atoms with E-state index in [1.165, 1.54) is 31.2 Å². The molecule has 53 heavy (non-hydrogen) atoms. The summed E-state index contributed by atoms with van der Waals surface area (Å²) < 4.78 is 11.2. The summed E-state index contributed by atoms with van der Waals surface area (Å²) in [5, 5.41) is 22.8. The number of carbonyl (C=O) groups excluding carboxylic acids is 6. The Morgan fingerprint density at radius 3 is 2.00 bits per heavy atom. The Kier molecular flexibility index (Phi) is 14.5. The summed E-state index contributed by atoms with van der Waals surface area (Å²) in [4.78, 5) is 79.6. The Hall–Kier alpha value is -6.18. The number of aromatic hydroxyl groups is 1. The van der Waals surface area contributed by atoms with Gasteiger partial charge in [0.2, 0.25) is 36.3 Å². The van der Waals surface area contributed by atoms with Crippen molar-refractivity contribution in [1.82, 2.24) is 26.6 Å². The Morgan fingerprint density at radius 2 is 1.30 bits per heavy atom. The van der Waals surface area contributed by atoms with Crippen LogP contribution < -0.4 is 31.3 Å². The van der Waals surface area contributed by atoms with Crippen LogP contribution in [-0.4, -0.2) is 78.1 Å². The fourth-order valence-electron chi connectivity index (χ4n) is 5.43. The molecular weight excluding hydrogens is 682 g/mol. The van der Waals surface area contributed by atoms with Crippen molar-refractivity contribution in [3.8, 4) is 11.5 Å². The summed E-state index contributed by atoms with van der Waals surface area (Å²) in [7, 11) is 0. The molecule has 0 radical (unpaired) electrons. The molecule has 0 aromatic heterocycles. The first-order chi connectivity index (χ1) is 25.4. The number of benzene rings is 3. The maximum Gasteiger partial charge on any atom is 0.331 e. The zero-order valence-corrected chi connectivity index (χ0v) is 29.8. The molecular formula is C39H45N5O9. The summed E-state index contributed by atoms with van der Waals surface area (Å²) >= 11 is 0. The third-order valence-electron chi connectivity index (χ3n) is 8.18. The standard InChI is InChI=1S/C39H45N5O9/c1-24(2)19-32-39(51)53-23-52-33-12-8-7-11-28(33)15-18-34(46)42-30(21-27-13-16-29(45)17-14-27)37(49)41-25(3)36(48)40-22-35(47)43-31(38(50)44-32)20-26-9-5-4-6-10-26/h4-18,24-25,30-32,45H,19-23H2,1-3H3,(H,40,48)(H,41,49)(H,42,46)(H,43,47)(H,44,50)/b18-15-/t25-,30+,31+,32-/m1/s1. The fourth-order valence-corrected chi connectivity index (χ4v) is 5.43. The Balaban J connectivity index is 1.62. The van der Waals surface area contributed by atoms with Gasteiger partial charge in [-0.25, -0.2) is 4.79 Å². The number of phenolic OH excluding ortho intramolecular Hbond substituents is 1. The van der Waals surface area contributed by atoms with Gasteiger partial charge in [0.1, 0.15) is 35.7 Å². The minimum absolute atomic E-state index is 0.0195. The average Bonchev–Trinajstić information content (AvgIpc) is 3.13. The van der Waals surface area contributed by atoms with Gasteiger partial charge in [0.25, 0.3) is 0 Å². The highest BCUT2D eigenvalue weighted by molar-refractivity contribution is 5.97. The molecule has 4 rings (SSSR count). The first-order valence-electron chi connectivity index (χ1n) is 17.2. The molecule has 14 heteroatoms. The van der Waals surface area contributed by atoms with E-state index in [0.717, 1.165) is 5.56 Å². The van der Waals surface area contributed by atoms with E-state index in [-0.39, 0.29) is 36.7 Å². The molecule has 1 aliphatic heterocycles. The molecule has 0 aliphatic carbocycles. The Morgan fingerprint density at radius 1 is 0.679 bits per heavy atom. The van der Waals surface area contributed by atoms with Crippen LogP contribution in [0.5, 0.6) is 11.5 Å². The number of carbonyl (C=O) groups is 6. The van der Waals surface area contributed by atoms with Crippen LogP contribution in [0, 0.1) is 5.92 Å². The van der Waals surface area contributed by atoms with Crippen molar-refractivity contribution in [1.29, 1.82) is 0 Å². The molecule has 3 aromatic carbocycles. The number of amides is 5. The lowest BCUT2D eigenvalue weighted by atomic mass is 10.0. The second-order valence-corrected chi connectivity index (χ2v) is 13.0. The molecule has 0 spiro atoms. The van der Waals surface area contributed by atoms with Crippen molar-refractivity contribution in [3.63, 3.8) is 0 Å². The number of esters is 1. The summed E-state index contributed by atoms with van der Waals surface area (Å²) in [6.07, 6.45) is 3.01. The second kappa shape index (κ2) is 19.4. The van der Waals surface area contributed by atoms with Gasteiger partial charge < -0.3 is 41.2 Å². The highest BCUT2D eigenvalue weighted by atomic mass is 16.7. The Labute approximate surface area is 307 Å².